The molecule has 2 unspecified atom stereocenters. The summed E-state index contributed by atoms with van der Waals surface area (Å²) < 4.78 is 6.84. The predicted octanol–water partition coefficient (Wildman–Crippen LogP) is 4.24. The first-order chi connectivity index (χ1) is 7.71. The van der Waals surface area contributed by atoms with Gasteiger partial charge in [-0.3, -0.25) is 0 Å². The summed E-state index contributed by atoms with van der Waals surface area (Å²) in [5.74, 6) is 0.770. The minimum Gasteiger partial charge on any atom is -0.487 e. The van der Waals surface area contributed by atoms with Crippen LogP contribution in [0.15, 0.2) is 22.7 Å². The molecule has 0 fully saturated rings. The maximum absolute atomic E-state index is 6.00. The van der Waals surface area contributed by atoms with Crippen LogP contribution >= 0.6 is 27.5 Å². The molecule has 0 amide bonds. The van der Waals surface area contributed by atoms with E-state index in [2.05, 4.69) is 36.7 Å². The van der Waals surface area contributed by atoms with E-state index < -0.39 is 0 Å². The molecule has 2 nitrogen and oxygen atoms in total. The van der Waals surface area contributed by atoms with E-state index >= 15 is 0 Å². The summed E-state index contributed by atoms with van der Waals surface area (Å²) in [4.78, 5) is 0. The summed E-state index contributed by atoms with van der Waals surface area (Å²) in [7, 11) is 0. The first-order valence-electron chi connectivity index (χ1n) is 5.59. The molecule has 1 aromatic carbocycles. The van der Waals surface area contributed by atoms with Gasteiger partial charge in [0.25, 0.3) is 0 Å². The van der Waals surface area contributed by atoms with E-state index in [0.29, 0.717) is 5.02 Å². The third kappa shape index (κ3) is 4.16. The Morgan fingerprint density at radius 1 is 1.35 bits per heavy atom. The van der Waals surface area contributed by atoms with Gasteiger partial charge in [0.05, 0.1) is 4.47 Å². The van der Waals surface area contributed by atoms with Crippen LogP contribution in [0.1, 0.15) is 27.7 Å². The Morgan fingerprint density at radius 2 is 1.94 bits per heavy atom. The summed E-state index contributed by atoms with van der Waals surface area (Å²) in [6.45, 7) is 8.31. The zero-order valence-corrected chi connectivity index (χ0v) is 13.0. The zero-order valence-electron chi connectivity index (χ0n) is 10.6. The van der Waals surface area contributed by atoms with Crippen LogP contribution in [0, 0.1) is 5.41 Å². The van der Waals surface area contributed by atoms with Crippen LogP contribution < -0.4 is 10.5 Å². The van der Waals surface area contributed by atoms with Crippen LogP contribution in [0.4, 0.5) is 0 Å². The van der Waals surface area contributed by atoms with Crippen LogP contribution in [0.2, 0.25) is 5.02 Å². The molecule has 0 aliphatic carbocycles. The van der Waals surface area contributed by atoms with Crippen molar-refractivity contribution >= 4 is 27.5 Å². The van der Waals surface area contributed by atoms with Crippen molar-refractivity contribution in [1.82, 2.24) is 0 Å². The molecule has 0 aliphatic rings. The lowest BCUT2D eigenvalue weighted by molar-refractivity contribution is 0.0677. The monoisotopic (exact) mass is 319 g/mol. The average molecular weight is 321 g/mol. The predicted molar refractivity (Wildman–Crippen MR) is 76.7 cm³/mol. The Morgan fingerprint density at radius 3 is 2.35 bits per heavy atom. The molecular weight excluding hydrogens is 302 g/mol. The largest absolute Gasteiger partial charge is 0.487 e. The Labute approximate surface area is 117 Å². The van der Waals surface area contributed by atoms with Gasteiger partial charge in [0.1, 0.15) is 11.9 Å². The summed E-state index contributed by atoms with van der Waals surface area (Å²) in [6.07, 6.45) is -0.0556. The maximum Gasteiger partial charge on any atom is 0.134 e. The maximum atomic E-state index is 6.00. The van der Waals surface area contributed by atoms with Gasteiger partial charge in [-0.15, -0.1) is 0 Å². The van der Waals surface area contributed by atoms with E-state index in [1.54, 1.807) is 0 Å². The molecule has 96 valence electrons. The Kier molecular flexibility index (Phi) is 4.87. The molecule has 0 spiro atoms. The lowest BCUT2D eigenvalue weighted by Gasteiger charge is -2.34. The smallest absolute Gasteiger partial charge is 0.134 e. The fourth-order valence-corrected chi connectivity index (χ4v) is 2.56. The van der Waals surface area contributed by atoms with Gasteiger partial charge in [-0.25, -0.2) is 0 Å². The Bertz CT molecular complexity index is 387. The molecule has 17 heavy (non-hydrogen) atoms. The van der Waals surface area contributed by atoms with Gasteiger partial charge < -0.3 is 10.5 Å². The average Bonchev–Trinajstić information content (AvgIpc) is 2.13. The quantitative estimate of drug-likeness (QED) is 0.904. The zero-order chi connectivity index (χ0) is 13.2. The lowest BCUT2D eigenvalue weighted by atomic mass is 9.85. The fourth-order valence-electron chi connectivity index (χ4n) is 1.78. The molecule has 0 heterocycles. The minimum absolute atomic E-state index is 0.0206. The summed E-state index contributed by atoms with van der Waals surface area (Å²) in [6, 6.07) is 5.44. The number of nitrogens with two attached hydrogens (primary N) is 1. The highest BCUT2D eigenvalue weighted by Gasteiger charge is 2.30. The van der Waals surface area contributed by atoms with Gasteiger partial charge in [0, 0.05) is 16.5 Å². The van der Waals surface area contributed by atoms with Crippen molar-refractivity contribution in [2.24, 2.45) is 11.1 Å². The second-order valence-corrected chi connectivity index (χ2v) is 6.63. The van der Waals surface area contributed by atoms with E-state index in [1.165, 1.54) is 0 Å². The molecule has 0 bridgehead atoms. The second kappa shape index (κ2) is 5.59. The molecule has 0 saturated carbocycles. The van der Waals surface area contributed by atoms with Crippen molar-refractivity contribution in [3.05, 3.63) is 27.7 Å². The summed E-state index contributed by atoms with van der Waals surface area (Å²) in [5.41, 5.74) is 5.96. The first-order valence-corrected chi connectivity index (χ1v) is 6.76. The number of hydrogen-bond donors (Lipinski definition) is 1. The number of ether oxygens (including phenoxy) is 1. The van der Waals surface area contributed by atoms with Gasteiger partial charge in [-0.1, -0.05) is 32.4 Å². The molecule has 1 aromatic rings. The van der Waals surface area contributed by atoms with Gasteiger partial charge in [0.15, 0.2) is 0 Å². The van der Waals surface area contributed by atoms with Gasteiger partial charge in [-0.05, 0) is 41.1 Å². The molecule has 0 radical (unpaired) electrons. The molecular formula is C13H19BrClNO. The first kappa shape index (κ1) is 14.8. The molecule has 0 aliphatic heterocycles. The van der Waals surface area contributed by atoms with Gasteiger partial charge in [-0.2, -0.15) is 0 Å². The molecule has 0 saturated heterocycles. The molecule has 4 heteroatoms. The molecule has 0 aromatic heterocycles. The minimum atomic E-state index is -0.0556. The van der Waals surface area contributed by atoms with E-state index in [1.807, 2.05) is 25.1 Å². The molecule has 2 atom stereocenters. The van der Waals surface area contributed by atoms with Crippen LogP contribution in [-0.4, -0.2) is 12.1 Å². The number of halogens is 2. The van der Waals surface area contributed by atoms with Gasteiger partial charge >= 0.3 is 0 Å². The van der Waals surface area contributed by atoms with Gasteiger partial charge in [0.2, 0.25) is 0 Å². The van der Waals surface area contributed by atoms with Crippen molar-refractivity contribution in [3.63, 3.8) is 0 Å². The SMILES string of the molecule is CC(N)C(Oc1ccc(Cl)cc1Br)C(C)(C)C. The van der Waals surface area contributed by atoms with Crippen LogP contribution in [-0.2, 0) is 0 Å². The standard InChI is InChI=1S/C13H19BrClNO/c1-8(16)12(13(2,3)4)17-11-6-5-9(15)7-10(11)14/h5-8,12H,16H2,1-4H3. The summed E-state index contributed by atoms with van der Waals surface area (Å²) in [5, 5.41) is 0.678. The van der Waals surface area contributed by atoms with Crippen molar-refractivity contribution in [2.75, 3.05) is 0 Å². The molecule has 2 N–H and O–H groups in total. The number of benzene rings is 1. The Balaban J connectivity index is 2.94. The lowest BCUT2D eigenvalue weighted by Crippen LogP contribution is -2.45. The topological polar surface area (TPSA) is 35.2 Å². The number of rotatable bonds is 3. The summed E-state index contributed by atoms with van der Waals surface area (Å²) >= 11 is 9.34. The highest BCUT2D eigenvalue weighted by molar-refractivity contribution is 9.10. The van der Waals surface area contributed by atoms with Crippen molar-refractivity contribution in [2.45, 2.75) is 39.8 Å². The van der Waals surface area contributed by atoms with Crippen molar-refractivity contribution < 1.29 is 4.74 Å². The van der Waals surface area contributed by atoms with E-state index in [9.17, 15) is 0 Å². The Hall–Kier alpha value is -0.250. The van der Waals surface area contributed by atoms with E-state index in [-0.39, 0.29) is 17.6 Å². The normalized spacial score (nSPS) is 15.5. The highest BCUT2D eigenvalue weighted by Crippen LogP contribution is 2.32. The highest BCUT2D eigenvalue weighted by atomic mass is 79.9. The van der Waals surface area contributed by atoms with Crippen molar-refractivity contribution in [3.8, 4) is 5.75 Å². The van der Waals surface area contributed by atoms with E-state index in [0.717, 1.165) is 10.2 Å². The third-order valence-corrected chi connectivity index (χ3v) is 3.33. The third-order valence-electron chi connectivity index (χ3n) is 2.48. The van der Waals surface area contributed by atoms with Crippen LogP contribution in [0.3, 0.4) is 0 Å². The van der Waals surface area contributed by atoms with Crippen molar-refractivity contribution in [1.29, 1.82) is 0 Å². The fraction of sp³-hybridized carbons (Fsp3) is 0.538. The second-order valence-electron chi connectivity index (χ2n) is 5.34. The van der Waals surface area contributed by atoms with Crippen LogP contribution in [0.5, 0.6) is 5.75 Å². The number of hydrogen-bond acceptors (Lipinski definition) is 2. The molecule has 1 rings (SSSR count). The van der Waals surface area contributed by atoms with E-state index in [4.69, 9.17) is 22.1 Å². The van der Waals surface area contributed by atoms with Crippen LogP contribution in [0.25, 0.3) is 0 Å².